The highest BCUT2D eigenvalue weighted by Gasteiger charge is 2.15. The summed E-state index contributed by atoms with van der Waals surface area (Å²) in [6, 6.07) is 5.74. The molecular formula is C10H12N2O2S. The molecule has 0 unspecified atom stereocenters. The number of carbonyl (C=O) groups is 1. The van der Waals surface area contributed by atoms with E-state index in [9.17, 15) is 4.79 Å². The van der Waals surface area contributed by atoms with Gasteiger partial charge >= 0.3 is 0 Å². The Morgan fingerprint density at radius 1 is 1.53 bits per heavy atom. The number of benzene rings is 1. The molecule has 0 fully saturated rings. The molecule has 0 aromatic heterocycles. The number of thiol groups is 1. The fraction of sp³-hybridized carbons (Fsp3) is 0.300. The van der Waals surface area contributed by atoms with Crippen LogP contribution in [-0.2, 0) is 11.3 Å². The van der Waals surface area contributed by atoms with E-state index in [0.717, 1.165) is 23.5 Å². The highest BCUT2D eigenvalue weighted by molar-refractivity contribution is 7.80. The van der Waals surface area contributed by atoms with E-state index in [-0.39, 0.29) is 12.5 Å². The molecule has 1 amide bonds. The van der Waals surface area contributed by atoms with Gasteiger partial charge < -0.3 is 15.4 Å². The van der Waals surface area contributed by atoms with Gasteiger partial charge in [-0.25, -0.2) is 0 Å². The van der Waals surface area contributed by atoms with Crippen LogP contribution in [0.5, 0.6) is 5.75 Å². The molecule has 0 saturated carbocycles. The molecule has 2 N–H and O–H groups in total. The number of nitrogens with one attached hydrogen (secondary N) is 2. The SMILES string of the molecule is O=C1COc2ccc(CNCS)cc2N1. The Labute approximate surface area is 93.4 Å². The van der Waals surface area contributed by atoms with Crippen molar-refractivity contribution in [2.45, 2.75) is 6.54 Å². The lowest BCUT2D eigenvalue weighted by molar-refractivity contribution is -0.118. The lowest BCUT2D eigenvalue weighted by atomic mass is 10.1. The van der Waals surface area contributed by atoms with E-state index in [1.807, 2.05) is 18.2 Å². The van der Waals surface area contributed by atoms with E-state index < -0.39 is 0 Å². The van der Waals surface area contributed by atoms with Crippen LogP contribution in [0.15, 0.2) is 18.2 Å². The van der Waals surface area contributed by atoms with E-state index >= 15 is 0 Å². The molecule has 0 atom stereocenters. The van der Waals surface area contributed by atoms with Crippen molar-refractivity contribution in [2.75, 3.05) is 17.8 Å². The Kier molecular flexibility index (Phi) is 3.13. The Bertz CT molecular complexity index is 382. The summed E-state index contributed by atoms with van der Waals surface area (Å²) in [4.78, 5) is 11.1. The zero-order chi connectivity index (χ0) is 10.7. The fourth-order valence-electron chi connectivity index (χ4n) is 1.44. The summed E-state index contributed by atoms with van der Waals surface area (Å²) >= 11 is 4.06. The van der Waals surface area contributed by atoms with E-state index in [1.54, 1.807) is 0 Å². The second-order valence-corrected chi connectivity index (χ2v) is 3.57. The molecule has 0 saturated heterocycles. The van der Waals surface area contributed by atoms with Crippen molar-refractivity contribution >= 4 is 24.2 Å². The van der Waals surface area contributed by atoms with Crippen LogP contribution in [-0.4, -0.2) is 18.4 Å². The van der Waals surface area contributed by atoms with Crippen molar-refractivity contribution in [2.24, 2.45) is 0 Å². The first-order valence-electron chi connectivity index (χ1n) is 4.67. The Hall–Kier alpha value is -1.20. The van der Waals surface area contributed by atoms with Crippen LogP contribution in [0.25, 0.3) is 0 Å². The molecule has 0 aliphatic carbocycles. The average molecular weight is 224 g/mol. The second-order valence-electron chi connectivity index (χ2n) is 3.25. The predicted octanol–water partition coefficient (Wildman–Crippen LogP) is 0.994. The maximum atomic E-state index is 11.1. The summed E-state index contributed by atoms with van der Waals surface area (Å²) in [5.41, 5.74) is 1.83. The van der Waals surface area contributed by atoms with Gasteiger partial charge in [-0.15, -0.1) is 0 Å². The van der Waals surface area contributed by atoms with Crippen molar-refractivity contribution in [3.8, 4) is 5.75 Å². The maximum absolute atomic E-state index is 11.1. The second kappa shape index (κ2) is 4.55. The number of hydrogen-bond donors (Lipinski definition) is 3. The molecule has 4 nitrogen and oxygen atoms in total. The minimum atomic E-state index is -0.109. The van der Waals surface area contributed by atoms with Gasteiger partial charge in [0.2, 0.25) is 0 Å². The lowest BCUT2D eigenvalue weighted by Gasteiger charge is -2.18. The van der Waals surface area contributed by atoms with Gasteiger partial charge in [0.15, 0.2) is 6.61 Å². The Morgan fingerprint density at radius 2 is 2.40 bits per heavy atom. The van der Waals surface area contributed by atoms with Gasteiger partial charge in [-0.05, 0) is 17.7 Å². The van der Waals surface area contributed by atoms with E-state index in [2.05, 4.69) is 23.3 Å². The molecule has 1 aromatic carbocycles. The largest absolute Gasteiger partial charge is 0.482 e. The quantitative estimate of drug-likeness (QED) is 0.530. The maximum Gasteiger partial charge on any atom is 0.262 e. The molecule has 2 rings (SSSR count). The van der Waals surface area contributed by atoms with Crippen LogP contribution < -0.4 is 15.4 Å². The molecule has 1 aromatic rings. The van der Waals surface area contributed by atoms with E-state index in [4.69, 9.17) is 4.74 Å². The number of ether oxygens (including phenoxy) is 1. The molecule has 0 radical (unpaired) electrons. The van der Waals surface area contributed by atoms with Gasteiger partial charge in [0, 0.05) is 12.4 Å². The third-order valence-electron chi connectivity index (χ3n) is 2.12. The number of rotatable bonds is 3. The topological polar surface area (TPSA) is 50.4 Å². The zero-order valence-corrected chi connectivity index (χ0v) is 9.01. The molecule has 1 heterocycles. The van der Waals surface area contributed by atoms with Gasteiger partial charge in [-0.2, -0.15) is 12.6 Å². The van der Waals surface area contributed by atoms with Crippen molar-refractivity contribution < 1.29 is 9.53 Å². The van der Waals surface area contributed by atoms with Gasteiger partial charge in [-0.3, -0.25) is 4.79 Å². The number of carbonyl (C=O) groups excluding carboxylic acids is 1. The number of anilines is 1. The minimum absolute atomic E-state index is 0.0984. The Morgan fingerprint density at radius 3 is 3.20 bits per heavy atom. The fourth-order valence-corrected chi connectivity index (χ4v) is 1.55. The standard InChI is InChI=1S/C10H12N2O2S/c13-10-5-14-9-2-1-7(4-11-6-15)3-8(9)12-10/h1-3,11,15H,4-6H2,(H,12,13). The monoisotopic (exact) mass is 224 g/mol. The first kappa shape index (κ1) is 10.3. The molecule has 15 heavy (non-hydrogen) atoms. The summed E-state index contributed by atoms with van der Waals surface area (Å²) < 4.78 is 5.25. The molecule has 80 valence electrons. The van der Waals surface area contributed by atoms with Crippen LogP contribution in [0.4, 0.5) is 5.69 Å². The number of hydrogen-bond acceptors (Lipinski definition) is 4. The highest BCUT2D eigenvalue weighted by Crippen LogP contribution is 2.28. The Balaban J connectivity index is 2.17. The van der Waals surface area contributed by atoms with Crippen LogP contribution in [0.3, 0.4) is 0 Å². The van der Waals surface area contributed by atoms with Gasteiger partial charge in [0.25, 0.3) is 5.91 Å². The van der Waals surface area contributed by atoms with Crippen molar-refractivity contribution in [3.63, 3.8) is 0 Å². The number of amides is 1. The summed E-state index contributed by atoms with van der Waals surface area (Å²) in [5, 5.41) is 5.86. The van der Waals surface area contributed by atoms with Crippen LogP contribution >= 0.6 is 12.6 Å². The highest BCUT2D eigenvalue weighted by atomic mass is 32.1. The predicted molar refractivity (Wildman–Crippen MR) is 61.3 cm³/mol. The molecule has 0 spiro atoms. The zero-order valence-electron chi connectivity index (χ0n) is 8.12. The van der Waals surface area contributed by atoms with Crippen LogP contribution in [0.2, 0.25) is 0 Å². The molecular weight excluding hydrogens is 212 g/mol. The summed E-state index contributed by atoms with van der Waals surface area (Å²) in [6.45, 7) is 0.827. The summed E-state index contributed by atoms with van der Waals surface area (Å²) in [5.74, 6) is 1.24. The smallest absolute Gasteiger partial charge is 0.262 e. The van der Waals surface area contributed by atoms with Crippen LogP contribution in [0.1, 0.15) is 5.56 Å². The van der Waals surface area contributed by atoms with Gasteiger partial charge in [0.1, 0.15) is 5.75 Å². The van der Waals surface area contributed by atoms with Gasteiger partial charge in [-0.1, -0.05) is 6.07 Å². The summed E-state index contributed by atoms with van der Waals surface area (Å²) in [6.07, 6.45) is 0. The van der Waals surface area contributed by atoms with Gasteiger partial charge in [0.05, 0.1) is 5.69 Å². The normalized spacial score (nSPS) is 14.1. The third-order valence-corrected chi connectivity index (χ3v) is 2.34. The molecule has 1 aliphatic rings. The van der Waals surface area contributed by atoms with Crippen LogP contribution in [0, 0.1) is 0 Å². The first-order chi connectivity index (χ1) is 7.29. The molecule has 5 heteroatoms. The van der Waals surface area contributed by atoms with Crippen molar-refractivity contribution in [1.82, 2.24) is 5.32 Å². The van der Waals surface area contributed by atoms with E-state index in [0.29, 0.717) is 5.88 Å². The molecule has 1 aliphatic heterocycles. The van der Waals surface area contributed by atoms with E-state index in [1.165, 1.54) is 0 Å². The number of fused-ring (bicyclic) bond motifs is 1. The summed E-state index contributed by atoms with van der Waals surface area (Å²) in [7, 11) is 0. The average Bonchev–Trinajstić information content (AvgIpc) is 2.25. The third kappa shape index (κ3) is 2.43. The van der Waals surface area contributed by atoms with Crippen molar-refractivity contribution in [3.05, 3.63) is 23.8 Å². The molecule has 0 bridgehead atoms. The minimum Gasteiger partial charge on any atom is -0.482 e. The van der Waals surface area contributed by atoms with Crippen molar-refractivity contribution in [1.29, 1.82) is 0 Å². The first-order valence-corrected chi connectivity index (χ1v) is 5.30. The lowest BCUT2D eigenvalue weighted by Crippen LogP contribution is -2.25.